The highest BCUT2D eigenvalue weighted by Crippen LogP contribution is 2.18. The molecule has 0 fully saturated rings. The molecule has 0 saturated carbocycles. The minimum absolute atomic E-state index is 0.0737. The molecule has 0 aromatic carbocycles. The van der Waals surface area contributed by atoms with Crippen molar-refractivity contribution in [1.82, 2.24) is 0 Å². The summed E-state index contributed by atoms with van der Waals surface area (Å²) in [6.07, 6.45) is 82.8. The molecule has 6 heteroatoms. The Morgan fingerprint density at radius 2 is 0.468 bits per heavy atom. The van der Waals surface area contributed by atoms with E-state index in [9.17, 15) is 14.4 Å². The van der Waals surface area contributed by atoms with E-state index in [1.54, 1.807) is 0 Å². The molecule has 0 amide bonds. The Hall–Kier alpha value is -2.63. The van der Waals surface area contributed by atoms with Crippen LogP contribution >= 0.6 is 0 Å². The maximum atomic E-state index is 12.9. The van der Waals surface area contributed by atoms with Crippen molar-refractivity contribution in [2.75, 3.05) is 13.2 Å². The molecular formula is C71H130O6. The van der Waals surface area contributed by atoms with Gasteiger partial charge >= 0.3 is 17.9 Å². The fourth-order valence-electron chi connectivity index (χ4n) is 10.2. The van der Waals surface area contributed by atoms with Gasteiger partial charge in [-0.1, -0.05) is 313 Å². The predicted octanol–water partition coefficient (Wildman–Crippen LogP) is 23.3. The fourth-order valence-corrected chi connectivity index (χ4v) is 10.2. The summed E-state index contributed by atoms with van der Waals surface area (Å²) in [5, 5.41) is 0. The Bertz CT molecular complexity index is 1330. The largest absolute Gasteiger partial charge is 0.462 e. The van der Waals surface area contributed by atoms with Crippen molar-refractivity contribution in [2.45, 2.75) is 374 Å². The fraction of sp³-hybridized carbons (Fsp3) is 0.845. The van der Waals surface area contributed by atoms with Gasteiger partial charge in [-0.05, 0) is 83.5 Å². The lowest BCUT2D eigenvalue weighted by molar-refractivity contribution is -0.167. The number of unbranched alkanes of at least 4 members (excludes halogenated alkanes) is 44. The van der Waals surface area contributed by atoms with Crippen LogP contribution in [0.5, 0.6) is 0 Å². The van der Waals surface area contributed by atoms with Crippen molar-refractivity contribution in [3.05, 3.63) is 48.6 Å². The molecule has 0 bridgehead atoms. The molecule has 0 aromatic rings. The molecular weight excluding hydrogens is 949 g/mol. The zero-order valence-electron chi connectivity index (χ0n) is 51.7. The van der Waals surface area contributed by atoms with E-state index in [-0.39, 0.29) is 31.1 Å². The molecule has 0 aromatic heterocycles. The number of esters is 3. The molecule has 450 valence electrons. The van der Waals surface area contributed by atoms with Crippen LogP contribution < -0.4 is 0 Å². The topological polar surface area (TPSA) is 78.9 Å². The minimum Gasteiger partial charge on any atom is -0.462 e. The Labute approximate surface area is 479 Å². The van der Waals surface area contributed by atoms with Crippen LogP contribution in [0.25, 0.3) is 0 Å². The van der Waals surface area contributed by atoms with E-state index >= 15 is 0 Å². The molecule has 0 saturated heterocycles. The third-order valence-electron chi connectivity index (χ3n) is 15.3. The number of allylic oxidation sites excluding steroid dienone is 8. The highest BCUT2D eigenvalue weighted by Gasteiger charge is 2.19. The number of ether oxygens (including phenoxy) is 3. The maximum Gasteiger partial charge on any atom is 0.306 e. The van der Waals surface area contributed by atoms with E-state index in [1.807, 2.05) is 0 Å². The highest BCUT2D eigenvalue weighted by molar-refractivity contribution is 5.71. The Morgan fingerprint density at radius 3 is 0.740 bits per heavy atom. The van der Waals surface area contributed by atoms with Crippen molar-refractivity contribution in [2.24, 2.45) is 0 Å². The van der Waals surface area contributed by atoms with Crippen molar-refractivity contribution in [1.29, 1.82) is 0 Å². The van der Waals surface area contributed by atoms with Crippen molar-refractivity contribution < 1.29 is 28.6 Å². The SMILES string of the molecule is CCCCC/C=C\C/C=C\CCCCCCCC(=O)OC(COC(=O)CCCCCCCCCCCCCCC)COC(=O)CCCCCCCCCCCCCCCCCCCCC/C=C\C/C=C\CCCCCCC. The number of rotatable bonds is 63. The lowest BCUT2D eigenvalue weighted by atomic mass is 10.0. The molecule has 6 nitrogen and oxygen atoms in total. The van der Waals surface area contributed by atoms with Gasteiger partial charge in [0.15, 0.2) is 6.10 Å². The van der Waals surface area contributed by atoms with E-state index in [1.165, 1.54) is 238 Å². The molecule has 77 heavy (non-hydrogen) atoms. The lowest BCUT2D eigenvalue weighted by Gasteiger charge is -2.18. The Kier molecular flexibility index (Phi) is 63.6. The first-order chi connectivity index (χ1) is 38.0. The zero-order chi connectivity index (χ0) is 55.7. The third-order valence-corrected chi connectivity index (χ3v) is 15.3. The van der Waals surface area contributed by atoms with Gasteiger partial charge < -0.3 is 14.2 Å². The van der Waals surface area contributed by atoms with Gasteiger partial charge in [0, 0.05) is 19.3 Å². The van der Waals surface area contributed by atoms with Gasteiger partial charge in [0.2, 0.25) is 0 Å². The molecule has 1 unspecified atom stereocenters. The molecule has 0 radical (unpaired) electrons. The summed E-state index contributed by atoms with van der Waals surface area (Å²) >= 11 is 0. The highest BCUT2D eigenvalue weighted by atomic mass is 16.6. The minimum atomic E-state index is -0.777. The second-order valence-electron chi connectivity index (χ2n) is 23.1. The lowest BCUT2D eigenvalue weighted by Crippen LogP contribution is -2.30. The first-order valence-electron chi connectivity index (χ1n) is 34.1. The number of hydrogen-bond donors (Lipinski definition) is 0. The molecule has 0 spiro atoms. The molecule has 0 aliphatic rings. The summed E-state index contributed by atoms with van der Waals surface area (Å²) in [4.78, 5) is 38.3. The summed E-state index contributed by atoms with van der Waals surface area (Å²) < 4.78 is 16.9. The molecule has 0 aliphatic carbocycles. The first-order valence-corrected chi connectivity index (χ1v) is 34.1. The number of carbonyl (C=O) groups excluding carboxylic acids is 3. The Balaban J connectivity index is 4.14. The summed E-state index contributed by atoms with van der Waals surface area (Å²) in [6.45, 7) is 6.64. The van der Waals surface area contributed by atoms with Gasteiger partial charge in [0.05, 0.1) is 0 Å². The molecule has 0 aliphatic heterocycles. The van der Waals surface area contributed by atoms with Crippen LogP contribution in [0.15, 0.2) is 48.6 Å². The molecule has 0 heterocycles. The van der Waals surface area contributed by atoms with Gasteiger partial charge in [0.25, 0.3) is 0 Å². The van der Waals surface area contributed by atoms with E-state index in [2.05, 4.69) is 69.4 Å². The van der Waals surface area contributed by atoms with E-state index < -0.39 is 6.10 Å². The van der Waals surface area contributed by atoms with E-state index in [0.717, 1.165) is 89.9 Å². The number of carbonyl (C=O) groups is 3. The summed E-state index contributed by atoms with van der Waals surface area (Å²) in [5.41, 5.74) is 0. The molecule has 0 rings (SSSR count). The average Bonchev–Trinajstić information content (AvgIpc) is 3.43. The second kappa shape index (κ2) is 65.9. The van der Waals surface area contributed by atoms with Crippen LogP contribution in [0.3, 0.4) is 0 Å². The van der Waals surface area contributed by atoms with Gasteiger partial charge in [-0.25, -0.2) is 0 Å². The van der Waals surface area contributed by atoms with Crippen molar-refractivity contribution in [3.8, 4) is 0 Å². The van der Waals surface area contributed by atoms with Gasteiger partial charge in [-0.2, -0.15) is 0 Å². The third kappa shape index (κ3) is 64.1. The van der Waals surface area contributed by atoms with Crippen LogP contribution in [0.1, 0.15) is 367 Å². The van der Waals surface area contributed by atoms with E-state index in [4.69, 9.17) is 14.2 Å². The number of hydrogen-bond acceptors (Lipinski definition) is 6. The van der Waals surface area contributed by atoms with Crippen LogP contribution in [0.4, 0.5) is 0 Å². The first kappa shape index (κ1) is 74.4. The molecule has 1 atom stereocenters. The second-order valence-corrected chi connectivity index (χ2v) is 23.1. The summed E-state index contributed by atoms with van der Waals surface area (Å²) in [6, 6.07) is 0. The van der Waals surface area contributed by atoms with Crippen molar-refractivity contribution >= 4 is 17.9 Å². The summed E-state index contributed by atoms with van der Waals surface area (Å²) in [7, 11) is 0. The standard InChI is InChI=1S/C71H130O6/c1-4-7-10-13-16-19-22-25-27-28-29-30-31-32-33-34-35-36-37-38-39-40-41-42-44-46-49-52-55-58-61-64-70(73)76-67-68(66-75-69(72)63-60-57-54-51-48-45-24-21-18-15-12-9-6-3)77-71(74)65-62-59-56-53-50-47-43-26-23-20-17-14-11-8-5-2/h17,20,22,25-26,28-29,43,68H,4-16,18-19,21,23-24,27,30-42,44-67H2,1-3H3/b20-17-,25-22-,29-28-,43-26-. The Morgan fingerprint density at radius 1 is 0.260 bits per heavy atom. The quantitative estimate of drug-likeness (QED) is 0.0261. The van der Waals surface area contributed by atoms with Crippen LogP contribution in [-0.2, 0) is 28.6 Å². The van der Waals surface area contributed by atoms with Gasteiger partial charge in [-0.15, -0.1) is 0 Å². The van der Waals surface area contributed by atoms with Crippen LogP contribution in [0.2, 0.25) is 0 Å². The van der Waals surface area contributed by atoms with Crippen molar-refractivity contribution in [3.63, 3.8) is 0 Å². The van der Waals surface area contributed by atoms with Gasteiger partial charge in [-0.3, -0.25) is 14.4 Å². The predicted molar refractivity (Wildman–Crippen MR) is 335 cm³/mol. The van der Waals surface area contributed by atoms with E-state index in [0.29, 0.717) is 19.3 Å². The maximum absolute atomic E-state index is 12.9. The smallest absolute Gasteiger partial charge is 0.306 e. The monoisotopic (exact) mass is 1080 g/mol. The normalized spacial score (nSPS) is 12.3. The van der Waals surface area contributed by atoms with Crippen LogP contribution in [0, 0.1) is 0 Å². The molecule has 0 N–H and O–H groups in total. The average molecular weight is 1080 g/mol. The van der Waals surface area contributed by atoms with Gasteiger partial charge in [0.1, 0.15) is 13.2 Å². The van der Waals surface area contributed by atoms with Crippen LogP contribution in [-0.4, -0.2) is 37.2 Å². The zero-order valence-corrected chi connectivity index (χ0v) is 51.7. The summed E-state index contributed by atoms with van der Waals surface area (Å²) in [5.74, 6) is -0.865.